The number of carbonyl (C=O) groups is 3. The van der Waals surface area contributed by atoms with Crippen molar-refractivity contribution in [3.8, 4) is 11.5 Å². The summed E-state index contributed by atoms with van der Waals surface area (Å²) < 4.78 is 12.0. The monoisotopic (exact) mass is 471 g/mol. The Morgan fingerprint density at radius 1 is 1.18 bits per heavy atom. The van der Waals surface area contributed by atoms with Crippen LogP contribution in [0.15, 0.2) is 24.3 Å². The molecule has 0 fully saturated rings. The van der Waals surface area contributed by atoms with Crippen LogP contribution in [0.25, 0.3) is 0 Å². The first-order valence-electron chi connectivity index (χ1n) is 11.2. The number of nitrogens with one attached hydrogen (secondary N) is 2. The molecule has 2 aromatic rings. The lowest BCUT2D eigenvalue weighted by molar-refractivity contribution is -0.132. The minimum Gasteiger partial charge on any atom is -0.497 e. The average molecular weight is 472 g/mol. The van der Waals surface area contributed by atoms with Crippen molar-refractivity contribution in [2.24, 2.45) is 5.92 Å². The van der Waals surface area contributed by atoms with Crippen LogP contribution in [0.1, 0.15) is 53.7 Å². The second-order valence-corrected chi connectivity index (χ2v) is 9.01. The molecule has 3 rings (SSSR count). The standard InChI is InChI=1S/C24H33N5O5/c1-15(2)9-10-25-23(32)24(3)14-29-19(22(31)28(24)4)12-18(27-29)21(30)26-13-16-11-17(33-5)7-8-20(16)34-6/h7-8,11-12,15H,9-10,13-14H2,1-6H3,(H,25,32)(H,26,30)/t24-/m1/s1. The van der Waals surface area contributed by atoms with Crippen LogP contribution in [0.2, 0.25) is 0 Å². The number of fused-ring (bicyclic) bond motifs is 1. The largest absolute Gasteiger partial charge is 0.497 e. The number of rotatable bonds is 9. The van der Waals surface area contributed by atoms with Crippen LogP contribution in [0.5, 0.6) is 11.5 Å². The summed E-state index contributed by atoms with van der Waals surface area (Å²) in [5.41, 5.74) is -0.0165. The van der Waals surface area contributed by atoms with Gasteiger partial charge in [-0.2, -0.15) is 5.10 Å². The molecule has 1 aromatic heterocycles. The van der Waals surface area contributed by atoms with Crippen molar-refractivity contribution in [1.82, 2.24) is 25.3 Å². The molecule has 0 radical (unpaired) electrons. The van der Waals surface area contributed by atoms with Crippen molar-refractivity contribution in [3.63, 3.8) is 0 Å². The average Bonchev–Trinajstić information content (AvgIpc) is 3.24. The van der Waals surface area contributed by atoms with Gasteiger partial charge >= 0.3 is 0 Å². The van der Waals surface area contributed by atoms with E-state index in [1.807, 2.05) is 0 Å². The Bertz CT molecular complexity index is 1080. The summed E-state index contributed by atoms with van der Waals surface area (Å²) in [4.78, 5) is 40.2. The number of aromatic nitrogens is 2. The summed E-state index contributed by atoms with van der Waals surface area (Å²) in [5, 5.41) is 10.1. The van der Waals surface area contributed by atoms with Crippen LogP contribution in [-0.4, -0.2) is 65.8 Å². The molecule has 2 heterocycles. The summed E-state index contributed by atoms with van der Waals surface area (Å²) in [6.45, 7) is 6.73. The molecule has 34 heavy (non-hydrogen) atoms. The van der Waals surface area contributed by atoms with E-state index in [4.69, 9.17) is 9.47 Å². The minimum atomic E-state index is -1.12. The highest BCUT2D eigenvalue weighted by atomic mass is 16.5. The van der Waals surface area contributed by atoms with Crippen molar-refractivity contribution in [3.05, 3.63) is 41.2 Å². The number of hydrogen-bond acceptors (Lipinski definition) is 6. The van der Waals surface area contributed by atoms with Crippen LogP contribution in [-0.2, 0) is 17.9 Å². The quantitative estimate of drug-likeness (QED) is 0.577. The lowest BCUT2D eigenvalue weighted by Gasteiger charge is -2.40. The van der Waals surface area contributed by atoms with Crippen molar-refractivity contribution in [1.29, 1.82) is 0 Å². The van der Waals surface area contributed by atoms with Gasteiger partial charge in [0, 0.05) is 31.8 Å². The number of hydrogen-bond donors (Lipinski definition) is 2. The lowest BCUT2D eigenvalue weighted by atomic mass is 9.95. The molecule has 10 heteroatoms. The topological polar surface area (TPSA) is 115 Å². The van der Waals surface area contributed by atoms with E-state index < -0.39 is 11.4 Å². The molecule has 0 bridgehead atoms. The number of carbonyl (C=O) groups excluding carboxylic acids is 3. The Hall–Kier alpha value is -3.56. The van der Waals surface area contributed by atoms with Gasteiger partial charge in [0.05, 0.1) is 20.8 Å². The molecule has 1 aliphatic rings. The first-order valence-corrected chi connectivity index (χ1v) is 11.2. The lowest BCUT2D eigenvalue weighted by Crippen LogP contribution is -2.62. The molecule has 0 aliphatic carbocycles. The maximum absolute atomic E-state index is 13.0. The molecule has 10 nitrogen and oxygen atoms in total. The molecule has 0 saturated carbocycles. The zero-order chi connectivity index (χ0) is 25.0. The Kier molecular flexibility index (Phi) is 7.48. The van der Waals surface area contributed by atoms with E-state index in [9.17, 15) is 14.4 Å². The number of ether oxygens (including phenoxy) is 2. The Morgan fingerprint density at radius 2 is 1.91 bits per heavy atom. The summed E-state index contributed by atoms with van der Waals surface area (Å²) in [6.07, 6.45) is 0.842. The summed E-state index contributed by atoms with van der Waals surface area (Å²) in [6, 6.07) is 6.76. The first-order chi connectivity index (χ1) is 16.1. The first kappa shape index (κ1) is 25.1. The zero-order valence-electron chi connectivity index (χ0n) is 20.6. The fraction of sp³-hybridized carbons (Fsp3) is 0.500. The van der Waals surface area contributed by atoms with Crippen molar-refractivity contribution >= 4 is 17.7 Å². The Balaban J connectivity index is 1.75. The number of methoxy groups -OCH3 is 2. The Labute approximate surface area is 199 Å². The molecule has 0 unspecified atom stereocenters. The molecule has 1 aliphatic heterocycles. The molecule has 2 N–H and O–H groups in total. The summed E-state index contributed by atoms with van der Waals surface area (Å²) >= 11 is 0. The molecule has 3 amide bonds. The fourth-order valence-electron chi connectivity index (χ4n) is 3.79. The third kappa shape index (κ3) is 5.00. The summed E-state index contributed by atoms with van der Waals surface area (Å²) in [7, 11) is 4.70. The Morgan fingerprint density at radius 3 is 2.56 bits per heavy atom. The predicted molar refractivity (Wildman–Crippen MR) is 126 cm³/mol. The third-order valence-corrected chi connectivity index (χ3v) is 6.16. The van der Waals surface area contributed by atoms with Gasteiger partial charge in [-0.15, -0.1) is 0 Å². The molecule has 0 saturated heterocycles. The van der Waals surface area contributed by atoms with Gasteiger partial charge in [-0.05, 0) is 37.5 Å². The van der Waals surface area contributed by atoms with E-state index >= 15 is 0 Å². The second-order valence-electron chi connectivity index (χ2n) is 9.01. The third-order valence-electron chi connectivity index (χ3n) is 6.16. The maximum atomic E-state index is 13.0. The molecule has 1 atom stereocenters. The van der Waals surface area contributed by atoms with Gasteiger partial charge < -0.3 is 25.0 Å². The van der Waals surface area contributed by atoms with E-state index in [1.54, 1.807) is 46.4 Å². The minimum absolute atomic E-state index is 0.100. The van der Waals surface area contributed by atoms with Gasteiger partial charge in [0.25, 0.3) is 11.8 Å². The fourth-order valence-corrected chi connectivity index (χ4v) is 3.79. The van der Waals surface area contributed by atoms with Crippen molar-refractivity contribution in [2.75, 3.05) is 27.8 Å². The molecule has 184 valence electrons. The van der Waals surface area contributed by atoms with E-state index in [1.165, 1.54) is 15.6 Å². The second kappa shape index (κ2) is 10.1. The smallest absolute Gasteiger partial charge is 0.272 e. The highest BCUT2D eigenvalue weighted by Crippen LogP contribution is 2.27. The maximum Gasteiger partial charge on any atom is 0.272 e. The van der Waals surface area contributed by atoms with Gasteiger partial charge in [-0.3, -0.25) is 19.1 Å². The highest BCUT2D eigenvalue weighted by molar-refractivity contribution is 6.01. The van der Waals surface area contributed by atoms with Crippen LogP contribution >= 0.6 is 0 Å². The van der Waals surface area contributed by atoms with Gasteiger partial charge in [0.15, 0.2) is 5.69 Å². The van der Waals surface area contributed by atoms with Crippen LogP contribution < -0.4 is 20.1 Å². The molecule has 0 spiro atoms. The predicted octanol–water partition coefficient (Wildman–Crippen LogP) is 1.84. The van der Waals surface area contributed by atoms with E-state index in [0.29, 0.717) is 24.0 Å². The summed E-state index contributed by atoms with van der Waals surface area (Å²) in [5.74, 6) is 0.651. The number of benzene rings is 1. The van der Waals surface area contributed by atoms with Crippen molar-refractivity contribution < 1.29 is 23.9 Å². The SMILES string of the molecule is COc1ccc(OC)c(CNC(=O)c2cc3n(n2)C[C@](C)(C(=O)NCCC(C)C)N(C)C3=O)c1. The molecular weight excluding hydrogens is 438 g/mol. The van der Waals surface area contributed by atoms with E-state index in [2.05, 4.69) is 29.6 Å². The molecular formula is C24H33N5O5. The van der Waals surface area contributed by atoms with Gasteiger partial charge in [-0.1, -0.05) is 13.8 Å². The van der Waals surface area contributed by atoms with Crippen molar-refractivity contribution in [2.45, 2.75) is 45.8 Å². The van der Waals surface area contributed by atoms with Crippen LogP contribution in [0, 0.1) is 5.92 Å². The van der Waals surface area contributed by atoms with E-state index in [-0.39, 0.29) is 36.3 Å². The van der Waals surface area contributed by atoms with Gasteiger partial charge in [0.2, 0.25) is 5.91 Å². The van der Waals surface area contributed by atoms with E-state index in [0.717, 1.165) is 12.0 Å². The highest BCUT2D eigenvalue weighted by Gasteiger charge is 2.46. The van der Waals surface area contributed by atoms with Gasteiger partial charge in [0.1, 0.15) is 22.7 Å². The number of nitrogens with zero attached hydrogens (tertiary/aromatic N) is 3. The number of likely N-dealkylation sites (N-methyl/N-ethyl adjacent to an activating group) is 1. The normalized spacial score (nSPS) is 17.4. The van der Waals surface area contributed by atoms with Crippen LogP contribution in [0.3, 0.4) is 0 Å². The number of amides is 3. The van der Waals surface area contributed by atoms with Gasteiger partial charge in [-0.25, -0.2) is 0 Å². The van der Waals surface area contributed by atoms with Crippen LogP contribution in [0.4, 0.5) is 0 Å². The zero-order valence-corrected chi connectivity index (χ0v) is 20.6. The molecule has 1 aromatic carbocycles.